The van der Waals surface area contributed by atoms with Gasteiger partial charge in [0.25, 0.3) is 0 Å². The number of rotatable bonds is 5. The second-order valence-electron chi connectivity index (χ2n) is 6.89. The third kappa shape index (κ3) is 4.42. The molecule has 2 aromatic heterocycles. The van der Waals surface area contributed by atoms with Crippen LogP contribution in [0.15, 0.2) is 18.2 Å². The van der Waals surface area contributed by atoms with Gasteiger partial charge in [-0.1, -0.05) is 19.9 Å². The number of amides is 1. The number of carbonyl (C=O) groups excluding carboxylic acids is 1. The van der Waals surface area contributed by atoms with E-state index in [1.807, 2.05) is 32.9 Å². The summed E-state index contributed by atoms with van der Waals surface area (Å²) in [6.07, 6.45) is 1.03. The molecule has 0 saturated heterocycles. The smallest absolute Gasteiger partial charge is 0.222 e. The van der Waals surface area contributed by atoms with Crippen LogP contribution in [0.25, 0.3) is 0 Å². The number of hydrogen-bond donors (Lipinski definition) is 1. The second-order valence-corrected chi connectivity index (χ2v) is 6.89. The summed E-state index contributed by atoms with van der Waals surface area (Å²) in [5.41, 5.74) is 2.12. The fourth-order valence-electron chi connectivity index (χ4n) is 3.03. The van der Waals surface area contributed by atoms with Gasteiger partial charge in [-0.15, -0.1) is 10.2 Å². The Labute approximate surface area is 148 Å². The van der Waals surface area contributed by atoms with E-state index in [9.17, 15) is 4.79 Å². The van der Waals surface area contributed by atoms with Gasteiger partial charge in [0, 0.05) is 31.2 Å². The van der Waals surface area contributed by atoms with Crippen LogP contribution in [0.5, 0.6) is 0 Å². The van der Waals surface area contributed by atoms with Crippen LogP contribution in [0.2, 0.25) is 0 Å². The van der Waals surface area contributed by atoms with Crippen molar-refractivity contribution in [1.82, 2.24) is 30.0 Å². The van der Waals surface area contributed by atoms with E-state index in [0.29, 0.717) is 6.54 Å². The number of aromatic nitrogens is 4. The summed E-state index contributed by atoms with van der Waals surface area (Å²) in [5, 5.41) is 11.6. The molecule has 0 spiro atoms. The lowest BCUT2D eigenvalue weighted by Crippen LogP contribution is -2.28. The van der Waals surface area contributed by atoms with Crippen molar-refractivity contribution in [2.24, 2.45) is 5.92 Å². The Bertz CT molecular complexity index is 739. The fraction of sp³-hybridized carbons (Fsp3) is 0.556. The van der Waals surface area contributed by atoms with Crippen LogP contribution in [-0.4, -0.2) is 37.1 Å². The third-order valence-electron chi connectivity index (χ3n) is 4.40. The first-order valence-corrected chi connectivity index (χ1v) is 8.86. The molecule has 1 N–H and O–H groups in total. The van der Waals surface area contributed by atoms with Crippen molar-refractivity contribution in [3.8, 4) is 0 Å². The van der Waals surface area contributed by atoms with Gasteiger partial charge in [-0.3, -0.25) is 14.7 Å². The lowest BCUT2D eigenvalue weighted by atomic mass is 10.2. The molecule has 0 bridgehead atoms. The van der Waals surface area contributed by atoms with Gasteiger partial charge in [0.1, 0.15) is 5.82 Å². The number of pyridine rings is 1. The predicted octanol–water partition coefficient (Wildman–Crippen LogP) is 1.66. The molecule has 25 heavy (non-hydrogen) atoms. The summed E-state index contributed by atoms with van der Waals surface area (Å²) in [7, 11) is 0. The zero-order valence-electron chi connectivity index (χ0n) is 15.2. The zero-order valence-corrected chi connectivity index (χ0v) is 15.2. The Morgan fingerprint density at radius 1 is 1.28 bits per heavy atom. The average Bonchev–Trinajstić information content (AvgIpc) is 2.82. The first-order chi connectivity index (χ1) is 12.0. The molecule has 1 aliphatic heterocycles. The number of nitrogens with one attached hydrogen (secondary N) is 1. The van der Waals surface area contributed by atoms with Gasteiger partial charge >= 0.3 is 0 Å². The van der Waals surface area contributed by atoms with E-state index in [1.54, 1.807) is 0 Å². The van der Waals surface area contributed by atoms with E-state index >= 15 is 0 Å². The Morgan fingerprint density at radius 2 is 2.12 bits per heavy atom. The molecule has 2 aromatic rings. The van der Waals surface area contributed by atoms with E-state index in [-0.39, 0.29) is 11.8 Å². The van der Waals surface area contributed by atoms with Crippen LogP contribution < -0.4 is 5.32 Å². The SMILES string of the molecule is Cc1cccc(CN2CCCn3c(CNC(=O)C(C)C)nnc3C2)n1. The molecule has 0 saturated carbocycles. The minimum Gasteiger partial charge on any atom is -0.349 e. The lowest BCUT2D eigenvalue weighted by Gasteiger charge is -2.18. The lowest BCUT2D eigenvalue weighted by molar-refractivity contribution is -0.124. The van der Waals surface area contributed by atoms with Gasteiger partial charge in [-0.2, -0.15) is 0 Å². The van der Waals surface area contributed by atoms with Gasteiger partial charge in [0.2, 0.25) is 5.91 Å². The standard InChI is InChI=1S/C18H26N6O/c1-13(2)18(25)19-10-16-21-22-17-12-23(8-5-9-24(16)17)11-15-7-4-6-14(3)20-15/h4,6-7,13H,5,8-12H2,1-3H3,(H,19,25). The van der Waals surface area contributed by atoms with E-state index in [2.05, 4.69) is 36.0 Å². The molecular weight excluding hydrogens is 316 g/mol. The molecule has 1 amide bonds. The van der Waals surface area contributed by atoms with Gasteiger partial charge in [0.05, 0.1) is 18.8 Å². The maximum absolute atomic E-state index is 11.8. The molecule has 0 aliphatic carbocycles. The van der Waals surface area contributed by atoms with Crippen molar-refractivity contribution in [1.29, 1.82) is 0 Å². The summed E-state index contributed by atoms with van der Waals surface area (Å²) >= 11 is 0. The summed E-state index contributed by atoms with van der Waals surface area (Å²) in [4.78, 5) is 18.7. The summed E-state index contributed by atoms with van der Waals surface area (Å²) in [6.45, 7) is 9.66. The van der Waals surface area contributed by atoms with Crippen LogP contribution >= 0.6 is 0 Å². The average molecular weight is 342 g/mol. The molecule has 1 aliphatic rings. The Kier molecular flexibility index (Phi) is 5.43. The topological polar surface area (TPSA) is 75.9 Å². The number of nitrogens with zero attached hydrogens (tertiary/aromatic N) is 5. The monoisotopic (exact) mass is 342 g/mol. The highest BCUT2D eigenvalue weighted by atomic mass is 16.1. The molecule has 3 heterocycles. The number of hydrogen-bond acceptors (Lipinski definition) is 5. The first kappa shape index (κ1) is 17.5. The van der Waals surface area contributed by atoms with E-state index in [1.165, 1.54) is 0 Å². The van der Waals surface area contributed by atoms with E-state index in [0.717, 1.165) is 55.6 Å². The maximum atomic E-state index is 11.8. The maximum Gasteiger partial charge on any atom is 0.222 e. The largest absolute Gasteiger partial charge is 0.349 e. The molecular formula is C18H26N6O. The van der Waals surface area contributed by atoms with Crippen molar-refractivity contribution in [3.05, 3.63) is 41.2 Å². The molecule has 7 heteroatoms. The molecule has 0 aromatic carbocycles. The van der Waals surface area contributed by atoms with Crippen molar-refractivity contribution in [2.75, 3.05) is 6.54 Å². The fourth-order valence-corrected chi connectivity index (χ4v) is 3.03. The summed E-state index contributed by atoms with van der Waals surface area (Å²) in [6, 6.07) is 6.13. The van der Waals surface area contributed by atoms with Crippen molar-refractivity contribution in [3.63, 3.8) is 0 Å². The highest BCUT2D eigenvalue weighted by molar-refractivity contribution is 5.77. The quantitative estimate of drug-likeness (QED) is 0.894. The molecule has 3 rings (SSSR count). The van der Waals surface area contributed by atoms with Crippen molar-refractivity contribution in [2.45, 2.75) is 53.4 Å². The molecule has 0 radical (unpaired) electrons. The Hall–Kier alpha value is -2.28. The van der Waals surface area contributed by atoms with Gasteiger partial charge in [-0.05, 0) is 25.5 Å². The number of aryl methyl sites for hydroxylation is 1. The zero-order chi connectivity index (χ0) is 17.8. The second kappa shape index (κ2) is 7.74. The van der Waals surface area contributed by atoms with Crippen LogP contribution in [0.3, 0.4) is 0 Å². The summed E-state index contributed by atoms with van der Waals surface area (Å²) < 4.78 is 2.14. The minimum absolute atomic E-state index is 0.0242. The van der Waals surface area contributed by atoms with Gasteiger partial charge in [-0.25, -0.2) is 0 Å². The Balaban J connectivity index is 1.66. The van der Waals surface area contributed by atoms with Crippen molar-refractivity contribution >= 4 is 5.91 Å². The Morgan fingerprint density at radius 3 is 2.88 bits per heavy atom. The minimum atomic E-state index is -0.0242. The predicted molar refractivity (Wildman–Crippen MR) is 94.4 cm³/mol. The van der Waals surface area contributed by atoms with Gasteiger partial charge < -0.3 is 9.88 Å². The normalized spacial score (nSPS) is 15.0. The van der Waals surface area contributed by atoms with Crippen LogP contribution in [-0.2, 0) is 31.0 Å². The van der Waals surface area contributed by atoms with Crippen LogP contribution in [0, 0.1) is 12.8 Å². The molecule has 0 atom stereocenters. The number of carbonyl (C=O) groups is 1. The first-order valence-electron chi connectivity index (χ1n) is 8.86. The number of fused-ring (bicyclic) bond motifs is 1. The summed E-state index contributed by atoms with van der Waals surface area (Å²) in [5.74, 6) is 1.81. The van der Waals surface area contributed by atoms with E-state index in [4.69, 9.17) is 0 Å². The highest BCUT2D eigenvalue weighted by Gasteiger charge is 2.20. The molecule has 0 fully saturated rings. The van der Waals surface area contributed by atoms with E-state index < -0.39 is 0 Å². The highest BCUT2D eigenvalue weighted by Crippen LogP contribution is 2.15. The third-order valence-corrected chi connectivity index (χ3v) is 4.40. The molecule has 134 valence electrons. The molecule has 0 unspecified atom stereocenters. The van der Waals surface area contributed by atoms with Gasteiger partial charge in [0.15, 0.2) is 5.82 Å². The van der Waals surface area contributed by atoms with Crippen LogP contribution in [0.4, 0.5) is 0 Å². The van der Waals surface area contributed by atoms with Crippen LogP contribution in [0.1, 0.15) is 43.3 Å². The van der Waals surface area contributed by atoms with Crippen molar-refractivity contribution < 1.29 is 4.79 Å². The molecule has 7 nitrogen and oxygen atoms in total.